The average molecular weight is 557 g/mol. The number of hydrogen-bond acceptors (Lipinski definition) is 2. The van der Waals surface area contributed by atoms with E-state index in [9.17, 15) is 9.59 Å². The number of hydrogen-bond donors (Lipinski definition) is 4. The van der Waals surface area contributed by atoms with Gasteiger partial charge < -0.3 is 20.6 Å². The van der Waals surface area contributed by atoms with Gasteiger partial charge in [-0.25, -0.2) is 0 Å². The fourth-order valence-corrected chi connectivity index (χ4v) is 6.58. The van der Waals surface area contributed by atoms with Crippen molar-refractivity contribution in [2.24, 2.45) is 0 Å². The summed E-state index contributed by atoms with van der Waals surface area (Å²) in [6.07, 6.45) is 8.71. The van der Waals surface area contributed by atoms with E-state index in [4.69, 9.17) is 0 Å². The molecule has 2 amide bonds. The molecule has 0 radical (unpaired) electrons. The third-order valence-electron chi connectivity index (χ3n) is 9.42. The molecule has 6 nitrogen and oxygen atoms in total. The predicted molar refractivity (Wildman–Crippen MR) is 169 cm³/mol. The molecule has 41 heavy (non-hydrogen) atoms. The number of aromatic amines is 2. The Morgan fingerprint density at radius 2 is 1.00 bits per heavy atom. The van der Waals surface area contributed by atoms with E-state index in [1.807, 2.05) is 13.8 Å². The molecule has 2 unspecified atom stereocenters. The van der Waals surface area contributed by atoms with Crippen LogP contribution in [-0.4, -0.2) is 21.8 Å². The fourth-order valence-electron chi connectivity index (χ4n) is 6.58. The third-order valence-corrected chi connectivity index (χ3v) is 9.42. The van der Waals surface area contributed by atoms with E-state index in [1.165, 1.54) is 33.6 Å². The molecule has 2 aliphatic rings. The standard InChI is InChI=1S/C35H48N4O2/c1-11-18(5)32-22(9)26(15-28-24(13-3)20(7)34(40)38-28)36-30(32)17-31-33(19(6)12-2)23(10)27(37-31)16-29-25(14-4)21(8)35(41)39-29/h15-16,18-19,36-37H,11-14,17H2,1-10H3,(H,38,40)(H,39,41)/b28-15-,29-16-. The molecule has 0 aromatic carbocycles. The number of carbonyl (C=O) groups is 2. The molecule has 4 heterocycles. The molecule has 4 N–H and O–H groups in total. The minimum atomic E-state index is -0.00360. The minimum Gasteiger partial charge on any atom is -0.358 e. The van der Waals surface area contributed by atoms with Crippen molar-refractivity contribution in [1.29, 1.82) is 0 Å². The largest absolute Gasteiger partial charge is 0.358 e. The molecule has 6 heteroatoms. The van der Waals surface area contributed by atoms with Crippen LogP contribution in [0.4, 0.5) is 0 Å². The Labute approximate surface area is 245 Å². The number of nitrogens with one attached hydrogen (secondary N) is 4. The molecule has 220 valence electrons. The van der Waals surface area contributed by atoms with Crippen molar-refractivity contribution in [3.05, 3.63) is 78.7 Å². The van der Waals surface area contributed by atoms with Crippen molar-refractivity contribution in [3.63, 3.8) is 0 Å². The Kier molecular flexibility index (Phi) is 9.00. The zero-order chi connectivity index (χ0) is 30.2. The Balaban J connectivity index is 1.82. The zero-order valence-electron chi connectivity index (χ0n) is 26.7. The predicted octanol–water partition coefficient (Wildman–Crippen LogP) is 7.97. The van der Waals surface area contributed by atoms with Crippen LogP contribution in [0.5, 0.6) is 0 Å². The lowest BCUT2D eigenvalue weighted by atomic mass is 9.90. The maximum Gasteiger partial charge on any atom is 0.251 e. The molecule has 0 bridgehead atoms. The lowest BCUT2D eigenvalue weighted by Gasteiger charge is -2.15. The Morgan fingerprint density at radius 3 is 1.32 bits per heavy atom. The van der Waals surface area contributed by atoms with Gasteiger partial charge in [0.1, 0.15) is 0 Å². The Morgan fingerprint density at radius 1 is 0.634 bits per heavy atom. The van der Waals surface area contributed by atoms with E-state index in [0.29, 0.717) is 11.8 Å². The average Bonchev–Trinajstić information content (AvgIpc) is 3.60. The lowest BCUT2D eigenvalue weighted by Crippen LogP contribution is -2.15. The summed E-state index contributed by atoms with van der Waals surface area (Å²) < 4.78 is 0. The van der Waals surface area contributed by atoms with Crippen molar-refractivity contribution < 1.29 is 9.59 Å². The second-order valence-corrected chi connectivity index (χ2v) is 11.8. The maximum atomic E-state index is 12.4. The molecule has 2 atom stereocenters. The molecule has 0 fully saturated rings. The van der Waals surface area contributed by atoms with E-state index in [2.05, 4.69) is 88.1 Å². The molecule has 2 aromatic rings. The highest BCUT2D eigenvalue weighted by Crippen LogP contribution is 2.37. The number of carbonyl (C=O) groups excluding carboxylic acids is 2. The summed E-state index contributed by atoms with van der Waals surface area (Å²) in [5, 5.41) is 6.15. The third kappa shape index (κ3) is 5.53. The Bertz CT molecular complexity index is 1390. The first kappa shape index (κ1) is 30.4. The number of aromatic nitrogens is 2. The van der Waals surface area contributed by atoms with Gasteiger partial charge in [-0.2, -0.15) is 0 Å². The molecule has 0 aliphatic carbocycles. The molecule has 4 rings (SSSR count). The highest BCUT2D eigenvalue weighted by atomic mass is 16.2. The molecule has 0 saturated heterocycles. The van der Waals surface area contributed by atoms with Gasteiger partial charge in [0.25, 0.3) is 11.8 Å². The second kappa shape index (κ2) is 12.1. The van der Waals surface area contributed by atoms with Gasteiger partial charge in [0.2, 0.25) is 0 Å². The van der Waals surface area contributed by atoms with Gasteiger partial charge in [-0.3, -0.25) is 9.59 Å². The molecule has 0 saturated carbocycles. The van der Waals surface area contributed by atoms with E-state index < -0.39 is 0 Å². The minimum absolute atomic E-state index is 0.00360. The molecule has 2 aliphatic heterocycles. The monoisotopic (exact) mass is 556 g/mol. The summed E-state index contributed by atoms with van der Waals surface area (Å²) in [7, 11) is 0. The van der Waals surface area contributed by atoms with Gasteiger partial charge in [0.15, 0.2) is 0 Å². The number of allylic oxidation sites excluding steroid dienone is 2. The molecular weight excluding hydrogens is 508 g/mol. The number of rotatable bonds is 10. The van der Waals surface area contributed by atoms with Gasteiger partial charge >= 0.3 is 0 Å². The first-order valence-electron chi connectivity index (χ1n) is 15.4. The highest BCUT2D eigenvalue weighted by molar-refractivity contribution is 6.01. The summed E-state index contributed by atoms with van der Waals surface area (Å²) in [6, 6.07) is 0. The topological polar surface area (TPSA) is 89.8 Å². The number of amides is 2. The molecular formula is C35H48N4O2. The van der Waals surface area contributed by atoms with Crippen molar-refractivity contribution in [1.82, 2.24) is 20.6 Å². The van der Waals surface area contributed by atoms with Crippen LogP contribution in [0, 0.1) is 13.8 Å². The zero-order valence-corrected chi connectivity index (χ0v) is 26.7. The molecule has 0 spiro atoms. The van der Waals surface area contributed by atoms with Crippen molar-refractivity contribution in [3.8, 4) is 0 Å². The van der Waals surface area contributed by atoms with E-state index in [-0.39, 0.29) is 11.8 Å². The van der Waals surface area contributed by atoms with Gasteiger partial charge in [0, 0.05) is 51.7 Å². The SMILES string of the molecule is CCC1=C(C)C(=O)N/C1=C\c1[nH]c(Cc2[nH]c(/C=C3\NC(=O)C(C)=C3CC)c(C)c2C(C)CC)c(C(C)CC)c1C. The quantitative estimate of drug-likeness (QED) is 0.239. The molecule has 2 aromatic heterocycles. The fraction of sp³-hybridized carbons (Fsp3) is 0.486. The van der Waals surface area contributed by atoms with E-state index in [1.54, 1.807) is 0 Å². The van der Waals surface area contributed by atoms with E-state index >= 15 is 0 Å². The van der Waals surface area contributed by atoms with Crippen LogP contribution >= 0.6 is 0 Å². The second-order valence-electron chi connectivity index (χ2n) is 11.8. The van der Waals surface area contributed by atoms with Crippen LogP contribution in [0.2, 0.25) is 0 Å². The normalized spacial score (nSPS) is 19.2. The van der Waals surface area contributed by atoms with Crippen LogP contribution in [0.1, 0.15) is 138 Å². The van der Waals surface area contributed by atoms with Crippen LogP contribution in [0.25, 0.3) is 12.2 Å². The van der Waals surface area contributed by atoms with Gasteiger partial charge in [-0.1, -0.05) is 41.5 Å². The summed E-state index contributed by atoms with van der Waals surface area (Å²) in [5.74, 6) is 0.786. The van der Waals surface area contributed by atoms with Gasteiger partial charge in [-0.15, -0.1) is 0 Å². The van der Waals surface area contributed by atoms with Gasteiger partial charge in [0.05, 0.1) is 0 Å². The van der Waals surface area contributed by atoms with Crippen LogP contribution in [0.3, 0.4) is 0 Å². The highest BCUT2D eigenvalue weighted by Gasteiger charge is 2.27. The van der Waals surface area contributed by atoms with Gasteiger partial charge in [-0.05, 0) is 111 Å². The Hall–Kier alpha value is -3.54. The van der Waals surface area contributed by atoms with Crippen molar-refractivity contribution in [2.75, 3.05) is 0 Å². The van der Waals surface area contributed by atoms with Crippen LogP contribution in [0.15, 0.2) is 33.7 Å². The van der Waals surface area contributed by atoms with E-state index in [0.717, 1.165) is 77.2 Å². The maximum absolute atomic E-state index is 12.4. The summed E-state index contributed by atoms with van der Waals surface area (Å²) >= 11 is 0. The smallest absolute Gasteiger partial charge is 0.251 e. The summed E-state index contributed by atoms with van der Waals surface area (Å²) in [4.78, 5) is 32.4. The van der Waals surface area contributed by atoms with Crippen LogP contribution < -0.4 is 10.6 Å². The summed E-state index contributed by atoms with van der Waals surface area (Å²) in [6.45, 7) is 21.5. The van der Waals surface area contributed by atoms with Crippen molar-refractivity contribution >= 4 is 24.0 Å². The first-order chi connectivity index (χ1) is 19.5. The summed E-state index contributed by atoms with van der Waals surface area (Å²) in [5.41, 5.74) is 15.4. The van der Waals surface area contributed by atoms with Crippen LogP contribution in [-0.2, 0) is 16.0 Å². The number of H-pyrrole nitrogens is 2. The van der Waals surface area contributed by atoms with Crippen molar-refractivity contribution in [2.45, 2.75) is 113 Å². The first-order valence-corrected chi connectivity index (χ1v) is 15.4. The lowest BCUT2D eigenvalue weighted by molar-refractivity contribution is -0.117.